The zero-order valence-corrected chi connectivity index (χ0v) is 12.8. The van der Waals surface area contributed by atoms with Gasteiger partial charge in [0.1, 0.15) is 0 Å². The molecule has 0 unspecified atom stereocenters. The van der Waals surface area contributed by atoms with E-state index in [9.17, 15) is 9.18 Å². The largest absolute Gasteiger partial charge is 0.494 e. The number of rotatable bonds is 5. The van der Waals surface area contributed by atoms with E-state index < -0.39 is 5.82 Å². The minimum Gasteiger partial charge on any atom is -0.494 e. The molecule has 2 nitrogen and oxygen atoms in total. The number of aryl methyl sites for hydroxylation is 1. The van der Waals surface area contributed by atoms with Crippen LogP contribution in [0.1, 0.15) is 22.3 Å². The molecule has 0 aliphatic rings. The van der Waals surface area contributed by atoms with Crippen molar-refractivity contribution < 1.29 is 13.9 Å². The van der Waals surface area contributed by atoms with E-state index in [1.165, 1.54) is 19.2 Å². The maximum absolute atomic E-state index is 13.6. The summed E-state index contributed by atoms with van der Waals surface area (Å²) in [4.78, 5) is 12.1. The molecule has 5 heteroatoms. The van der Waals surface area contributed by atoms with Crippen LogP contribution in [-0.4, -0.2) is 12.9 Å². The van der Waals surface area contributed by atoms with Crippen LogP contribution < -0.4 is 4.74 Å². The molecule has 21 heavy (non-hydrogen) atoms. The van der Waals surface area contributed by atoms with Gasteiger partial charge in [0.05, 0.1) is 7.11 Å². The summed E-state index contributed by atoms with van der Waals surface area (Å²) in [6.07, 6.45) is 0.745. The van der Waals surface area contributed by atoms with E-state index in [1.807, 2.05) is 0 Å². The number of hydrogen-bond donors (Lipinski definition) is 0. The molecule has 110 valence electrons. The first-order valence-corrected chi connectivity index (χ1v) is 7.07. The molecule has 0 fully saturated rings. The number of halogens is 3. The Morgan fingerprint density at radius 2 is 1.81 bits per heavy atom. The Labute approximate surface area is 132 Å². The van der Waals surface area contributed by atoms with Gasteiger partial charge in [-0.15, -0.1) is 0 Å². The predicted octanol–water partition coefficient (Wildman–Crippen LogP) is 4.96. The third-order valence-electron chi connectivity index (χ3n) is 3.04. The summed E-state index contributed by atoms with van der Waals surface area (Å²) in [6.45, 7) is 0. The number of ketones is 1. The Hall–Kier alpha value is -1.58. The van der Waals surface area contributed by atoms with Crippen LogP contribution in [-0.2, 0) is 6.42 Å². The second kappa shape index (κ2) is 6.92. The summed E-state index contributed by atoms with van der Waals surface area (Å²) in [5.74, 6) is -0.574. The number of carbonyl (C=O) groups excluding carboxylic acids is 1. The van der Waals surface area contributed by atoms with Crippen LogP contribution >= 0.6 is 23.2 Å². The van der Waals surface area contributed by atoms with E-state index in [1.54, 1.807) is 24.3 Å². The van der Waals surface area contributed by atoms with Crippen molar-refractivity contribution in [3.63, 3.8) is 0 Å². The molecule has 2 rings (SSSR count). The van der Waals surface area contributed by atoms with Crippen LogP contribution in [0.5, 0.6) is 5.75 Å². The Kier molecular flexibility index (Phi) is 5.21. The lowest BCUT2D eigenvalue weighted by Gasteiger charge is -2.06. The van der Waals surface area contributed by atoms with Crippen molar-refractivity contribution in [2.24, 2.45) is 0 Å². The van der Waals surface area contributed by atoms with Gasteiger partial charge < -0.3 is 4.74 Å². The lowest BCUT2D eigenvalue weighted by Crippen LogP contribution is -2.02. The van der Waals surface area contributed by atoms with Crippen LogP contribution in [0.15, 0.2) is 36.4 Å². The van der Waals surface area contributed by atoms with E-state index >= 15 is 0 Å². The van der Waals surface area contributed by atoms with Gasteiger partial charge in [0.2, 0.25) is 0 Å². The molecule has 0 saturated carbocycles. The second-order valence-electron chi connectivity index (χ2n) is 4.55. The molecule has 2 aromatic rings. The average molecular weight is 327 g/mol. The number of hydrogen-bond acceptors (Lipinski definition) is 2. The summed E-state index contributed by atoms with van der Waals surface area (Å²) in [5, 5.41) is 1.06. The molecule has 0 aromatic heterocycles. The summed E-state index contributed by atoms with van der Waals surface area (Å²) < 4.78 is 18.4. The standard InChI is InChI=1S/C16H13Cl2FO2/c1-21-16-5-3-11(8-14(16)19)15(20)4-2-10-6-12(17)9-13(18)7-10/h3,5-9H,2,4H2,1H3. The molecule has 0 atom stereocenters. The maximum atomic E-state index is 13.6. The quantitative estimate of drug-likeness (QED) is 0.726. The first-order valence-electron chi connectivity index (χ1n) is 6.31. The Balaban J connectivity index is 2.06. The fraction of sp³-hybridized carbons (Fsp3) is 0.188. The SMILES string of the molecule is COc1ccc(C(=O)CCc2cc(Cl)cc(Cl)c2)cc1F. The normalized spacial score (nSPS) is 10.5. The van der Waals surface area contributed by atoms with Crippen molar-refractivity contribution in [3.05, 3.63) is 63.4 Å². The first-order chi connectivity index (χ1) is 9.99. The molecule has 0 saturated heterocycles. The van der Waals surface area contributed by atoms with E-state index in [2.05, 4.69) is 0 Å². The third-order valence-corrected chi connectivity index (χ3v) is 3.47. The molecule has 0 bridgehead atoms. The Morgan fingerprint density at radius 3 is 2.38 bits per heavy atom. The molecular formula is C16H13Cl2FO2. The van der Waals surface area contributed by atoms with Crippen molar-refractivity contribution in [1.29, 1.82) is 0 Å². The minimum atomic E-state index is -0.547. The first kappa shape index (κ1) is 15.8. The highest BCUT2D eigenvalue weighted by molar-refractivity contribution is 6.34. The highest BCUT2D eigenvalue weighted by Gasteiger charge is 2.10. The molecule has 0 amide bonds. The van der Waals surface area contributed by atoms with Gasteiger partial charge in [0.15, 0.2) is 17.3 Å². The lowest BCUT2D eigenvalue weighted by molar-refractivity contribution is 0.0982. The molecule has 0 aliphatic carbocycles. The van der Waals surface area contributed by atoms with Gasteiger partial charge in [0, 0.05) is 22.0 Å². The summed E-state index contributed by atoms with van der Waals surface area (Å²) in [7, 11) is 1.38. The molecule has 0 spiro atoms. The highest BCUT2D eigenvalue weighted by atomic mass is 35.5. The van der Waals surface area contributed by atoms with Crippen LogP contribution in [0.2, 0.25) is 10.0 Å². The van der Waals surface area contributed by atoms with Crippen molar-refractivity contribution >= 4 is 29.0 Å². The van der Waals surface area contributed by atoms with Gasteiger partial charge >= 0.3 is 0 Å². The molecule has 0 radical (unpaired) electrons. The lowest BCUT2D eigenvalue weighted by atomic mass is 10.0. The number of carbonyl (C=O) groups is 1. The van der Waals surface area contributed by atoms with Gasteiger partial charge in [-0.2, -0.15) is 0 Å². The van der Waals surface area contributed by atoms with Gasteiger partial charge in [-0.05, 0) is 48.4 Å². The van der Waals surface area contributed by atoms with E-state index in [0.717, 1.165) is 5.56 Å². The monoisotopic (exact) mass is 326 g/mol. The van der Waals surface area contributed by atoms with Gasteiger partial charge in [-0.3, -0.25) is 4.79 Å². The predicted molar refractivity (Wildman–Crippen MR) is 82.1 cm³/mol. The van der Waals surface area contributed by atoms with Crippen LogP contribution in [0.25, 0.3) is 0 Å². The number of methoxy groups -OCH3 is 1. The van der Waals surface area contributed by atoms with Gasteiger partial charge in [0.25, 0.3) is 0 Å². The smallest absolute Gasteiger partial charge is 0.165 e. The van der Waals surface area contributed by atoms with E-state index in [-0.39, 0.29) is 18.0 Å². The number of Topliss-reactive ketones (excluding diaryl/α,β-unsaturated/α-hetero) is 1. The third kappa shape index (κ3) is 4.19. The van der Waals surface area contributed by atoms with Gasteiger partial charge in [-0.1, -0.05) is 23.2 Å². The number of benzene rings is 2. The molecule has 0 aliphatic heterocycles. The zero-order chi connectivity index (χ0) is 15.4. The average Bonchev–Trinajstić information content (AvgIpc) is 2.43. The molecule has 2 aromatic carbocycles. The minimum absolute atomic E-state index is 0.119. The molecule has 0 heterocycles. The van der Waals surface area contributed by atoms with E-state index in [4.69, 9.17) is 27.9 Å². The van der Waals surface area contributed by atoms with Gasteiger partial charge in [-0.25, -0.2) is 4.39 Å². The topological polar surface area (TPSA) is 26.3 Å². The Morgan fingerprint density at radius 1 is 1.14 bits per heavy atom. The summed E-state index contributed by atoms with van der Waals surface area (Å²) in [6, 6.07) is 9.33. The highest BCUT2D eigenvalue weighted by Crippen LogP contribution is 2.22. The molecule has 0 N–H and O–H groups in total. The summed E-state index contributed by atoms with van der Waals surface area (Å²) in [5.41, 5.74) is 1.19. The Bertz CT molecular complexity index is 651. The maximum Gasteiger partial charge on any atom is 0.165 e. The van der Waals surface area contributed by atoms with Crippen molar-refractivity contribution in [2.45, 2.75) is 12.8 Å². The van der Waals surface area contributed by atoms with Crippen molar-refractivity contribution in [2.75, 3.05) is 7.11 Å². The van der Waals surface area contributed by atoms with Crippen molar-refractivity contribution in [3.8, 4) is 5.75 Å². The fourth-order valence-electron chi connectivity index (χ4n) is 2.00. The van der Waals surface area contributed by atoms with Crippen LogP contribution in [0, 0.1) is 5.82 Å². The van der Waals surface area contributed by atoms with Crippen LogP contribution in [0.3, 0.4) is 0 Å². The van der Waals surface area contributed by atoms with E-state index in [0.29, 0.717) is 22.0 Å². The number of ether oxygens (including phenoxy) is 1. The molecular weight excluding hydrogens is 314 g/mol. The zero-order valence-electron chi connectivity index (χ0n) is 11.3. The van der Waals surface area contributed by atoms with Crippen molar-refractivity contribution in [1.82, 2.24) is 0 Å². The second-order valence-corrected chi connectivity index (χ2v) is 5.42. The summed E-state index contributed by atoms with van der Waals surface area (Å²) >= 11 is 11.8. The fourth-order valence-corrected chi connectivity index (χ4v) is 2.57. The van der Waals surface area contributed by atoms with Crippen LogP contribution in [0.4, 0.5) is 4.39 Å².